The Hall–Kier alpha value is -3.68. The standard InChI is InChI=1S/C16H12O4.C9H16O4/c1-19-9-3-5-11-13(7-9)15(17)12-6-4-10(20-2)8-14(12)16(11)18;10-8(11)6-4-2-1-3-5-7-9(12)13/h3-8H,1-2H3;1-7H2,(H,10,11)(H,12,13). The molecule has 0 saturated heterocycles. The lowest BCUT2D eigenvalue weighted by Crippen LogP contribution is -2.20. The van der Waals surface area contributed by atoms with Crippen LogP contribution >= 0.6 is 0 Å². The lowest BCUT2D eigenvalue weighted by Gasteiger charge is -2.18. The lowest BCUT2D eigenvalue weighted by molar-refractivity contribution is -0.138. The van der Waals surface area contributed by atoms with Gasteiger partial charge in [0.25, 0.3) is 0 Å². The first kappa shape index (κ1) is 25.6. The van der Waals surface area contributed by atoms with E-state index in [0.29, 0.717) is 46.6 Å². The number of rotatable bonds is 10. The summed E-state index contributed by atoms with van der Waals surface area (Å²) in [7, 11) is 3.05. The van der Waals surface area contributed by atoms with Crippen LogP contribution in [-0.2, 0) is 9.59 Å². The van der Waals surface area contributed by atoms with Crippen molar-refractivity contribution < 1.29 is 38.9 Å². The summed E-state index contributed by atoms with van der Waals surface area (Å²) in [5.41, 5.74) is 1.56. The fraction of sp³-hybridized carbons (Fsp3) is 0.360. The van der Waals surface area contributed by atoms with Crippen LogP contribution in [0.2, 0.25) is 0 Å². The zero-order valence-electron chi connectivity index (χ0n) is 18.8. The molecule has 0 bridgehead atoms. The van der Waals surface area contributed by atoms with E-state index in [-0.39, 0.29) is 24.4 Å². The van der Waals surface area contributed by atoms with E-state index in [2.05, 4.69) is 0 Å². The van der Waals surface area contributed by atoms with Gasteiger partial charge in [-0.3, -0.25) is 19.2 Å². The first-order chi connectivity index (χ1) is 15.8. The molecular weight excluding hydrogens is 428 g/mol. The van der Waals surface area contributed by atoms with Crippen molar-refractivity contribution in [2.75, 3.05) is 14.2 Å². The molecule has 0 spiro atoms. The Labute approximate surface area is 192 Å². The van der Waals surface area contributed by atoms with Crippen LogP contribution in [0.5, 0.6) is 11.5 Å². The van der Waals surface area contributed by atoms with Gasteiger partial charge in [-0.2, -0.15) is 0 Å². The molecule has 0 radical (unpaired) electrons. The number of carboxylic acids is 2. The van der Waals surface area contributed by atoms with Crippen molar-refractivity contribution >= 4 is 23.5 Å². The molecule has 0 saturated carbocycles. The molecule has 8 nitrogen and oxygen atoms in total. The summed E-state index contributed by atoms with van der Waals surface area (Å²) in [6.07, 6.45) is 4.53. The van der Waals surface area contributed by atoms with E-state index in [9.17, 15) is 19.2 Å². The number of carbonyl (C=O) groups is 4. The summed E-state index contributed by atoms with van der Waals surface area (Å²) < 4.78 is 10.2. The minimum absolute atomic E-state index is 0.170. The van der Waals surface area contributed by atoms with Gasteiger partial charge in [0.2, 0.25) is 0 Å². The molecule has 8 heteroatoms. The average Bonchev–Trinajstić information content (AvgIpc) is 2.81. The molecular formula is C25H28O8. The molecule has 0 fully saturated rings. The number of hydrogen-bond donors (Lipinski definition) is 2. The van der Waals surface area contributed by atoms with E-state index in [0.717, 1.165) is 19.3 Å². The number of ether oxygens (including phenoxy) is 2. The smallest absolute Gasteiger partial charge is 0.303 e. The van der Waals surface area contributed by atoms with E-state index in [1.807, 2.05) is 0 Å². The molecule has 2 aromatic rings. The molecule has 33 heavy (non-hydrogen) atoms. The second-order valence-electron chi connectivity index (χ2n) is 7.54. The zero-order chi connectivity index (χ0) is 24.4. The first-order valence-electron chi connectivity index (χ1n) is 10.7. The fourth-order valence-electron chi connectivity index (χ4n) is 3.45. The van der Waals surface area contributed by atoms with E-state index in [1.54, 1.807) is 36.4 Å². The van der Waals surface area contributed by atoms with Crippen LogP contribution in [0.3, 0.4) is 0 Å². The number of methoxy groups -OCH3 is 2. The van der Waals surface area contributed by atoms with Gasteiger partial charge in [-0.15, -0.1) is 0 Å². The molecule has 0 aromatic heterocycles. The highest BCUT2D eigenvalue weighted by atomic mass is 16.5. The molecule has 0 aliphatic heterocycles. The Balaban J connectivity index is 0.000000260. The molecule has 1 aliphatic rings. The second-order valence-corrected chi connectivity index (χ2v) is 7.54. The Morgan fingerprint density at radius 3 is 1.33 bits per heavy atom. The molecule has 176 valence electrons. The van der Waals surface area contributed by atoms with Gasteiger partial charge in [0, 0.05) is 35.1 Å². The highest BCUT2D eigenvalue weighted by Crippen LogP contribution is 2.31. The summed E-state index contributed by atoms with van der Waals surface area (Å²) in [5, 5.41) is 16.6. The van der Waals surface area contributed by atoms with Crippen LogP contribution in [0.15, 0.2) is 36.4 Å². The summed E-state index contributed by atoms with van der Waals surface area (Å²) in [4.78, 5) is 45.1. The third-order valence-corrected chi connectivity index (χ3v) is 5.21. The van der Waals surface area contributed by atoms with Crippen molar-refractivity contribution in [1.29, 1.82) is 0 Å². The Kier molecular flexibility index (Phi) is 9.60. The Bertz CT molecular complexity index is 944. The van der Waals surface area contributed by atoms with Gasteiger partial charge in [0.05, 0.1) is 14.2 Å². The van der Waals surface area contributed by atoms with Crippen LogP contribution < -0.4 is 9.47 Å². The average molecular weight is 456 g/mol. The van der Waals surface area contributed by atoms with Gasteiger partial charge in [0.1, 0.15) is 11.5 Å². The number of unbranched alkanes of at least 4 members (excludes halogenated alkanes) is 4. The van der Waals surface area contributed by atoms with Crippen molar-refractivity contribution in [2.45, 2.75) is 44.9 Å². The molecule has 0 unspecified atom stereocenters. The van der Waals surface area contributed by atoms with Gasteiger partial charge in [0.15, 0.2) is 11.6 Å². The number of ketones is 2. The molecule has 2 N–H and O–H groups in total. The minimum atomic E-state index is -0.759. The quantitative estimate of drug-likeness (QED) is 0.431. The van der Waals surface area contributed by atoms with E-state index >= 15 is 0 Å². The minimum Gasteiger partial charge on any atom is -0.497 e. The molecule has 0 amide bonds. The van der Waals surface area contributed by atoms with Crippen LogP contribution in [0.1, 0.15) is 76.8 Å². The molecule has 1 aliphatic carbocycles. The summed E-state index contributed by atoms with van der Waals surface area (Å²) >= 11 is 0. The number of benzene rings is 2. The number of fused-ring (bicyclic) bond motifs is 2. The summed E-state index contributed by atoms with van der Waals surface area (Å²) in [6, 6.07) is 9.80. The predicted octanol–water partition coefficient (Wildman–Crippen LogP) is 4.37. The maximum absolute atomic E-state index is 12.5. The molecule has 3 rings (SSSR count). The third-order valence-electron chi connectivity index (χ3n) is 5.21. The van der Waals surface area contributed by atoms with E-state index in [4.69, 9.17) is 19.7 Å². The Morgan fingerprint density at radius 2 is 1.00 bits per heavy atom. The second kappa shape index (κ2) is 12.4. The van der Waals surface area contributed by atoms with Gasteiger partial charge in [-0.25, -0.2) is 0 Å². The van der Waals surface area contributed by atoms with Crippen molar-refractivity contribution in [3.63, 3.8) is 0 Å². The molecule has 0 atom stereocenters. The van der Waals surface area contributed by atoms with Crippen molar-refractivity contribution in [3.8, 4) is 11.5 Å². The number of aliphatic carboxylic acids is 2. The first-order valence-corrected chi connectivity index (χ1v) is 10.7. The lowest BCUT2D eigenvalue weighted by atomic mass is 9.84. The van der Waals surface area contributed by atoms with E-state index < -0.39 is 11.9 Å². The highest BCUT2D eigenvalue weighted by Gasteiger charge is 2.30. The summed E-state index contributed by atoms with van der Waals surface area (Å²) in [6.45, 7) is 0. The predicted molar refractivity (Wildman–Crippen MR) is 120 cm³/mol. The highest BCUT2D eigenvalue weighted by molar-refractivity contribution is 6.28. The fourth-order valence-corrected chi connectivity index (χ4v) is 3.45. The van der Waals surface area contributed by atoms with Crippen LogP contribution in [-0.4, -0.2) is 47.9 Å². The van der Waals surface area contributed by atoms with Gasteiger partial charge in [-0.05, 0) is 49.2 Å². The SMILES string of the molecule is COc1ccc2c(c1)C(=O)c1ccc(OC)cc1C2=O.O=C(O)CCCCCCCC(=O)O. The normalized spacial score (nSPS) is 11.6. The van der Waals surface area contributed by atoms with Gasteiger partial charge < -0.3 is 19.7 Å². The van der Waals surface area contributed by atoms with Crippen LogP contribution in [0.4, 0.5) is 0 Å². The number of hydrogen-bond acceptors (Lipinski definition) is 6. The van der Waals surface area contributed by atoms with Gasteiger partial charge in [-0.1, -0.05) is 19.3 Å². The number of carbonyl (C=O) groups excluding carboxylic acids is 2. The maximum atomic E-state index is 12.5. The zero-order valence-corrected chi connectivity index (χ0v) is 18.8. The van der Waals surface area contributed by atoms with Crippen molar-refractivity contribution in [3.05, 3.63) is 58.7 Å². The maximum Gasteiger partial charge on any atom is 0.303 e. The topological polar surface area (TPSA) is 127 Å². The third kappa shape index (κ3) is 7.17. The largest absolute Gasteiger partial charge is 0.497 e. The molecule has 2 aromatic carbocycles. The van der Waals surface area contributed by atoms with E-state index in [1.165, 1.54) is 14.2 Å². The monoisotopic (exact) mass is 456 g/mol. The van der Waals surface area contributed by atoms with Crippen LogP contribution in [0, 0.1) is 0 Å². The number of carboxylic acid groups (broad SMARTS) is 2. The van der Waals surface area contributed by atoms with Gasteiger partial charge >= 0.3 is 11.9 Å². The molecule has 0 heterocycles. The van der Waals surface area contributed by atoms with Crippen LogP contribution in [0.25, 0.3) is 0 Å². The summed E-state index contributed by atoms with van der Waals surface area (Å²) in [5.74, 6) is -0.743. The van der Waals surface area contributed by atoms with Crippen molar-refractivity contribution in [2.24, 2.45) is 0 Å². The van der Waals surface area contributed by atoms with Crippen molar-refractivity contribution in [1.82, 2.24) is 0 Å². The Morgan fingerprint density at radius 1 is 0.636 bits per heavy atom.